The lowest BCUT2D eigenvalue weighted by molar-refractivity contribution is -0.141. The van der Waals surface area contributed by atoms with Crippen LogP contribution in [0.5, 0.6) is 5.75 Å². The SMILES string of the molecule is FC(F)Cn1ncc2ncc(N3CCCC4(CC(Oc5ccc(C(F)(F)F)nc5)C4)C3)nc21. The molecule has 1 aliphatic heterocycles. The Kier molecular flexibility index (Phi) is 5.32. The molecule has 0 bridgehead atoms. The van der Waals surface area contributed by atoms with Crippen LogP contribution in [0.2, 0.25) is 0 Å². The van der Waals surface area contributed by atoms with Gasteiger partial charge in [-0.25, -0.2) is 28.4 Å². The number of hydrogen-bond donors (Lipinski definition) is 0. The molecule has 12 heteroatoms. The molecular formula is C21H21F5N6O. The van der Waals surface area contributed by atoms with Gasteiger partial charge in [0.2, 0.25) is 0 Å². The van der Waals surface area contributed by atoms with Crippen LogP contribution >= 0.6 is 0 Å². The van der Waals surface area contributed by atoms with Crippen LogP contribution in [0.15, 0.2) is 30.7 Å². The summed E-state index contributed by atoms with van der Waals surface area (Å²) in [4.78, 5) is 14.4. The van der Waals surface area contributed by atoms with Crippen LogP contribution in [0.25, 0.3) is 11.2 Å². The number of ether oxygens (including phenoxy) is 1. The molecule has 0 atom stereocenters. The van der Waals surface area contributed by atoms with Gasteiger partial charge in [-0.2, -0.15) is 18.3 Å². The summed E-state index contributed by atoms with van der Waals surface area (Å²) in [5.74, 6) is 0.938. The first-order valence-corrected chi connectivity index (χ1v) is 10.6. The van der Waals surface area contributed by atoms with Gasteiger partial charge in [-0.05, 0) is 43.2 Å². The number of alkyl halides is 5. The molecule has 4 heterocycles. The Hall–Kier alpha value is -3.05. The zero-order valence-corrected chi connectivity index (χ0v) is 17.5. The summed E-state index contributed by atoms with van der Waals surface area (Å²) in [5.41, 5.74) is -0.136. The van der Waals surface area contributed by atoms with Crippen molar-refractivity contribution in [2.75, 3.05) is 18.0 Å². The molecule has 5 rings (SSSR count). The van der Waals surface area contributed by atoms with Crippen molar-refractivity contribution in [3.05, 3.63) is 36.4 Å². The minimum Gasteiger partial charge on any atom is -0.489 e. The predicted molar refractivity (Wildman–Crippen MR) is 108 cm³/mol. The van der Waals surface area contributed by atoms with Gasteiger partial charge in [0.15, 0.2) is 5.65 Å². The van der Waals surface area contributed by atoms with Crippen molar-refractivity contribution in [1.82, 2.24) is 24.7 Å². The van der Waals surface area contributed by atoms with Gasteiger partial charge in [-0.15, -0.1) is 0 Å². The standard InChI is InChI=1S/C21H21F5N6O/c22-17(23)11-32-19-15(9-29-32)27-10-18(30-19)31-5-1-4-20(12-31)6-14(7-20)33-13-2-3-16(28-8-13)21(24,25)26/h2-3,8-10,14,17H,1,4-7,11-12H2. The first kappa shape index (κ1) is 21.8. The fourth-order valence-corrected chi connectivity index (χ4v) is 4.79. The summed E-state index contributed by atoms with van der Waals surface area (Å²) >= 11 is 0. The van der Waals surface area contributed by atoms with Gasteiger partial charge in [0, 0.05) is 13.1 Å². The number of piperidine rings is 1. The quantitative estimate of drug-likeness (QED) is 0.519. The summed E-state index contributed by atoms with van der Waals surface area (Å²) in [6.07, 6.45) is 0.535. The maximum atomic E-state index is 12.8. The maximum absolute atomic E-state index is 12.8. The smallest absolute Gasteiger partial charge is 0.433 e. The number of aromatic nitrogens is 5. The van der Waals surface area contributed by atoms with Crippen LogP contribution in [-0.4, -0.2) is 50.4 Å². The molecule has 1 spiro atoms. The molecule has 0 amide bonds. The van der Waals surface area contributed by atoms with E-state index >= 15 is 0 Å². The monoisotopic (exact) mass is 468 g/mol. The molecule has 176 valence electrons. The summed E-state index contributed by atoms with van der Waals surface area (Å²) < 4.78 is 70.6. The lowest BCUT2D eigenvalue weighted by Gasteiger charge is -2.52. The Bertz CT molecular complexity index is 1130. The second-order valence-electron chi connectivity index (χ2n) is 8.70. The van der Waals surface area contributed by atoms with Crippen LogP contribution in [0.1, 0.15) is 31.4 Å². The normalized spacial score (nSPS) is 23.3. The summed E-state index contributed by atoms with van der Waals surface area (Å²) in [6, 6.07) is 2.21. The van der Waals surface area contributed by atoms with E-state index in [9.17, 15) is 22.0 Å². The molecule has 33 heavy (non-hydrogen) atoms. The number of hydrogen-bond acceptors (Lipinski definition) is 6. The largest absolute Gasteiger partial charge is 0.489 e. The third-order valence-corrected chi connectivity index (χ3v) is 6.28. The molecule has 0 radical (unpaired) electrons. The predicted octanol–water partition coefficient (Wildman–Crippen LogP) is 4.33. The van der Waals surface area contributed by atoms with Crippen molar-refractivity contribution in [3.8, 4) is 5.75 Å². The zero-order valence-electron chi connectivity index (χ0n) is 17.5. The highest BCUT2D eigenvalue weighted by Crippen LogP contribution is 2.49. The van der Waals surface area contributed by atoms with Gasteiger partial charge in [0.05, 0.1) is 24.7 Å². The van der Waals surface area contributed by atoms with E-state index in [0.717, 1.165) is 51.0 Å². The summed E-state index contributed by atoms with van der Waals surface area (Å²) in [6.45, 7) is 0.962. The first-order valence-electron chi connectivity index (χ1n) is 10.6. The van der Waals surface area contributed by atoms with E-state index in [1.807, 2.05) is 0 Å². The fraction of sp³-hybridized carbons (Fsp3) is 0.524. The number of rotatable bonds is 5. The van der Waals surface area contributed by atoms with E-state index in [-0.39, 0.29) is 11.5 Å². The number of anilines is 1. The molecule has 0 aromatic carbocycles. The maximum Gasteiger partial charge on any atom is 0.433 e. The molecule has 3 aromatic heterocycles. The average Bonchev–Trinajstić information content (AvgIpc) is 3.14. The lowest BCUT2D eigenvalue weighted by Crippen LogP contribution is -2.54. The minimum atomic E-state index is -4.48. The van der Waals surface area contributed by atoms with Gasteiger partial charge in [-0.3, -0.25) is 0 Å². The van der Waals surface area contributed by atoms with Gasteiger partial charge in [0.1, 0.15) is 29.3 Å². The van der Waals surface area contributed by atoms with E-state index in [4.69, 9.17) is 4.74 Å². The van der Waals surface area contributed by atoms with E-state index in [2.05, 4.69) is 25.0 Å². The van der Waals surface area contributed by atoms with Crippen molar-refractivity contribution in [3.63, 3.8) is 0 Å². The lowest BCUT2D eigenvalue weighted by atomic mass is 9.62. The van der Waals surface area contributed by atoms with Crippen molar-refractivity contribution >= 4 is 17.0 Å². The van der Waals surface area contributed by atoms with Crippen molar-refractivity contribution in [2.45, 2.75) is 50.9 Å². The zero-order chi connectivity index (χ0) is 23.2. The highest BCUT2D eigenvalue weighted by molar-refractivity contribution is 5.71. The van der Waals surface area contributed by atoms with E-state index in [0.29, 0.717) is 22.7 Å². The Morgan fingerprint density at radius 3 is 2.64 bits per heavy atom. The van der Waals surface area contributed by atoms with E-state index in [1.54, 1.807) is 6.20 Å². The van der Waals surface area contributed by atoms with Crippen molar-refractivity contribution in [1.29, 1.82) is 0 Å². The summed E-state index contributed by atoms with van der Waals surface area (Å²) in [7, 11) is 0. The van der Waals surface area contributed by atoms with Crippen LogP contribution < -0.4 is 9.64 Å². The Morgan fingerprint density at radius 1 is 1.12 bits per heavy atom. The number of fused-ring (bicyclic) bond motifs is 1. The molecule has 1 saturated heterocycles. The first-order chi connectivity index (χ1) is 15.7. The Morgan fingerprint density at radius 2 is 1.94 bits per heavy atom. The molecule has 7 nitrogen and oxygen atoms in total. The van der Waals surface area contributed by atoms with Crippen LogP contribution in [0.3, 0.4) is 0 Å². The van der Waals surface area contributed by atoms with Gasteiger partial charge in [-0.1, -0.05) is 0 Å². The number of pyridine rings is 1. The Balaban J connectivity index is 1.24. The minimum absolute atomic E-state index is 0.0160. The van der Waals surface area contributed by atoms with Crippen molar-refractivity contribution in [2.24, 2.45) is 5.41 Å². The van der Waals surface area contributed by atoms with Crippen LogP contribution in [0, 0.1) is 5.41 Å². The average molecular weight is 468 g/mol. The van der Waals surface area contributed by atoms with Gasteiger partial charge < -0.3 is 9.64 Å². The number of nitrogens with zero attached hydrogens (tertiary/aromatic N) is 6. The third-order valence-electron chi connectivity index (χ3n) is 6.28. The highest BCUT2D eigenvalue weighted by Gasteiger charge is 2.48. The highest BCUT2D eigenvalue weighted by atomic mass is 19.4. The van der Waals surface area contributed by atoms with E-state index < -0.39 is 24.8 Å². The Labute approximate surface area is 185 Å². The molecule has 0 N–H and O–H groups in total. The second kappa shape index (κ2) is 8.07. The second-order valence-corrected chi connectivity index (χ2v) is 8.70. The van der Waals surface area contributed by atoms with Crippen LogP contribution in [-0.2, 0) is 12.7 Å². The molecule has 1 saturated carbocycles. The fourth-order valence-electron chi connectivity index (χ4n) is 4.79. The molecule has 3 aromatic rings. The van der Waals surface area contributed by atoms with Gasteiger partial charge >= 0.3 is 6.18 Å². The molecule has 2 aliphatic rings. The molecule has 1 aliphatic carbocycles. The van der Waals surface area contributed by atoms with Crippen LogP contribution in [0.4, 0.5) is 27.8 Å². The molecule has 2 fully saturated rings. The number of halogens is 5. The van der Waals surface area contributed by atoms with Gasteiger partial charge in [0.25, 0.3) is 6.43 Å². The third kappa shape index (κ3) is 4.42. The molecular weight excluding hydrogens is 447 g/mol. The molecule has 0 unspecified atom stereocenters. The topological polar surface area (TPSA) is 69.0 Å². The van der Waals surface area contributed by atoms with Crippen molar-refractivity contribution < 1.29 is 26.7 Å². The summed E-state index contributed by atoms with van der Waals surface area (Å²) in [5, 5.41) is 3.96. The van der Waals surface area contributed by atoms with E-state index in [1.165, 1.54) is 16.9 Å².